The molecule has 1 aromatic carbocycles. The summed E-state index contributed by atoms with van der Waals surface area (Å²) >= 11 is 0. The molecule has 1 N–H and O–H groups in total. The third kappa shape index (κ3) is 1.51. The van der Waals surface area contributed by atoms with Gasteiger partial charge in [-0.15, -0.1) is 0 Å². The highest BCUT2D eigenvalue weighted by Crippen LogP contribution is 2.31. The van der Waals surface area contributed by atoms with Gasteiger partial charge in [0.25, 0.3) is 0 Å². The Bertz CT molecular complexity index is 321. The number of aliphatic hydroxyl groups excluding tert-OH is 1. The summed E-state index contributed by atoms with van der Waals surface area (Å²) in [5.74, 6) is -0.610. The van der Waals surface area contributed by atoms with Crippen molar-refractivity contribution in [1.82, 2.24) is 0 Å². The second kappa shape index (κ2) is 3.80. The summed E-state index contributed by atoms with van der Waals surface area (Å²) < 4.78 is 4.92. The Hall–Kier alpha value is -1.35. The fraction of sp³-hybridized carbons (Fsp3) is 0.364. The number of rotatable bonds is 2. The van der Waals surface area contributed by atoms with Crippen LogP contribution in [0.1, 0.15) is 11.5 Å². The van der Waals surface area contributed by atoms with Crippen LogP contribution < -0.4 is 0 Å². The van der Waals surface area contributed by atoms with E-state index >= 15 is 0 Å². The van der Waals surface area contributed by atoms with Crippen LogP contribution in [0.4, 0.5) is 0 Å². The lowest BCUT2D eigenvalue weighted by molar-refractivity contribution is -0.139. The largest absolute Gasteiger partial charge is 0.465 e. The average molecular weight is 192 g/mol. The predicted molar refractivity (Wildman–Crippen MR) is 50.7 cm³/mol. The SMILES string of the molecule is O=C1OCC(CO)C1c1ccccc1. The lowest BCUT2D eigenvalue weighted by Crippen LogP contribution is -2.16. The highest BCUT2D eigenvalue weighted by Gasteiger charge is 2.37. The van der Waals surface area contributed by atoms with Crippen molar-refractivity contribution >= 4 is 5.97 Å². The molecule has 1 saturated heterocycles. The molecule has 0 radical (unpaired) electrons. The monoisotopic (exact) mass is 192 g/mol. The quantitative estimate of drug-likeness (QED) is 0.709. The Morgan fingerprint density at radius 3 is 2.71 bits per heavy atom. The van der Waals surface area contributed by atoms with Crippen LogP contribution in [-0.2, 0) is 9.53 Å². The number of hydrogen-bond acceptors (Lipinski definition) is 3. The fourth-order valence-corrected chi connectivity index (χ4v) is 1.79. The van der Waals surface area contributed by atoms with Gasteiger partial charge in [-0.2, -0.15) is 0 Å². The first-order chi connectivity index (χ1) is 6.83. The Balaban J connectivity index is 2.28. The summed E-state index contributed by atoms with van der Waals surface area (Å²) in [5, 5.41) is 9.08. The number of benzene rings is 1. The van der Waals surface area contributed by atoms with Gasteiger partial charge in [0, 0.05) is 5.92 Å². The molecule has 74 valence electrons. The first-order valence-electron chi connectivity index (χ1n) is 4.65. The van der Waals surface area contributed by atoms with Crippen molar-refractivity contribution < 1.29 is 14.6 Å². The maximum atomic E-state index is 11.4. The van der Waals surface area contributed by atoms with Crippen molar-refractivity contribution in [2.24, 2.45) is 5.92 Å². The van der Waals surface area contributed by atoms with E-state index in [2.05, 4.69) is 0 Å². The van der Waals surface area contributed by atoms with Crippen LogP contribution in [0.25, 0.3) is 0 Å². The minimum absolute atomic E-state index is 0.00863. The van der Waals surface area contributed by atoms with Crippen molar-refractivity contribution in [3.63, 3.8) is 0 Å². The predicted octanol–water partition coefficient (Wildman–Crippen LogP) is 0.935. The third-order valence-corrected chi connectivity index (χ3v) is 2.56. The Kier molecular flexibility index (Phi) is 2.50. The smallest absolute Gasteiger partial charge is 0.313 e. The molecule has 1 heterocycles. The summed E-state index contributed by atoms with van der Waals surface area (Å²) in [5.41, 5.74) is 0.925. The summed E-state index contributed by atoms with van der Waals surface area (Å²) in [4.78, 5) is 11.4. The zero-order valence-electron chi connectivity index (χ0n) is 7.72. The minimum Gasteiger partial charge on any atom is -0.465 e. The van der Waals surface area contributed by atoms with Crippen molar-refractivity contribution in [3.8, 4) is 0 Å². The Morgan fingerprint density at radius 2 is 2.07 bits per heavy atom. The Morgan fingerprint density at radius 1 is 1.36 bits per heavy atom. The van der Waals surface area contributed by atoms with E-state index in [0.717, 1.165) is 5.56 Å². The van der Waals surface area contributed by atoms with Gasteiger partial charge in [0.2, 0.25) is 0 Å². The standard InChI is InChI=1S/C11H12O3/c12-6-9-7-14-11(13)10(9)8-4-2-1-3-5-8/h1-5,9-10,12H,6-7H2. The molecule has 0 bridgehead atoms. The third-order valence-electron chi connectivity index (χ3n) is 2.56. The lowest BCUT2D eigenvalue weighted by atomic mass is 9.89. The van der Waals surface area contributed by atoms with E-state index in [1.54, 1.807) is 0 Å². The molecular weight excluding hydrogens is 180 g/mol. The van der Waals surface area contributed by atoms with E-state index in [9.17, 15) is 4.79 Å². The zero-order chi connectivity index (χ0) is 9.97. The highest BCUT2D eigenvalue weighted by atomic mass is 16.5. The van der Waals surface area contributed by atoms with Gasteiger partial charge in [0.05, 0.1) is 19.1 Å². The van der Waals surface area contributed by atoms with Gasteiger partial charge in [-0.3, -0.25) is 4.79 Å². The molecule has 3 heteroatoms. The molecule has 1 aliphatic rings. The molecule has 1 aliphatic heterocycles. The molecule has 3 nitrogen and oxygen atoms in total. The first-order valence-corrected chi connectivity index (χ1v) is 4.65. The van der Waals surface area contributed by atoms with E-state index in [0.29, 0.717) is 6.61 Å². The van der Waals surface area contributed by atoms with Gasteiger partial charge in [-0.05, 0) is 5.56 Å². The molecule has 0 amide bonds. The van der Waals surface area contributed by atoms with Crippen molar-refractivity contribution in [2.45, 2.75) is 5.92 Å². The molecule has 14 heavy (non-hydrogen) atoms. The van der Waals surface area contributed by atoms with Crippen molar-refractivity contribution in [2.75, 3.05) is 13.2 Å². The van der Waals surface area contributed by atoms with Crippen molar-refractivity contribution in [3.05, 3.63) is 35.9 Å². The van der Waals surface area contributed by atoms with E-state index in [1.165, 1.54) is 0 Å². The number of carbonyl (C=O) groups excluding carboxylic acids is 1. The molecule has 2 unspecified atom stereocenters. The Labute approximate surface area is 82.3 Å². The molecule has 1 aromatic rings. The number of esters is 1. The number of cyclic esters (lactones) is 1. The molecule has 0 saturated carbocycles. The van der Waals surface area contributed by atoms with Crippen LogP contribution in [0.3, 0.4) is 0 Å². The van der Waals surface area contributed by atoms with Crippen LogP contribution in [0.5, 0.6) is 0 Å². The van der Waals surface area contributed by atoms with Gasteiger partial charge < -0.3 is 9.84 Å². The molecule has 2 rings (SSSR count). The van der Waals surface area contributed by atoms with Crippen molar-refractivity contribution in [1.29, 1.82) is 0 Å². The van der Waals surface area contributed by atoms with E-state index in [1.807, 2.05) is 30.3 Å². The minimum atomic E-state index is -0.291. The number of ether oxygens (including phenoxy) is 1. The van der Waals surface area contributed by atoms with Crippen LogP contribution in [-0.4, -0.2) is 24.3 Å². The van der Waals surface area contributed by atoms with Crippen LogP contribution in [0, 0.1) is 5.92 Å². The molecule has 0 spiro atoms. The fourth-order valence-electron chi connectivity index (χ4n) is 1.79. The number of hydrogen-bond donors (Lipinski definition) is 1. The number of aliphatic hydroxyl groups is 1. The molecule has 0 aromatic heterocycles. The molecular formula is C11H12O3. The number of carbonyl (C=O) groups is 1. The maximum absolute atomic E-state index is 11.4. The average Bonchev–Trinajstić information content (AvgIpc) is 2.61. The van der Waals surface area contributed by atoms with E-state index < -0.39 is 0 Å². The summed E-state index contributed by atoms with van der Waals surface area (Å²) in [7, 11) is 0. The van der Waals surface area contributed by atoms with Crippen LogP contribution in [0.15, 0.2) is 30.3 Å². The second-order valence-corrected chi connectivity index (χ2v) is 3.46. The van der Waals surface area contributed by atoms with Gasteiger partial charge in [0.1, 0.15) is 0 Å². The maximum Gasteiger partial charge on any atom is 0.313 e. The lowest BCUT2D eigenvalue weighted by Gasteiger charge is -2.12. The summed E-state index contributed by atoms with van der Waals surface area (Å²) in [6.07, 6.45) is 0. The first kappa shape index (κ1) is 9.21. The van der Waals surface area contributed by atoms with Gasteiger partial charge in [-0.25, -0.2) is 0 Å². The van der Waals surface area contributed by atoms with E-state index in [4.69, 9.17) is 9.84 Å². The zero-order valence-corrected chi connectivity index (χ0v) is 7.72. The normalized spacial score (nSPS) is 26.2. The topological polar surface area (TPSA) is 46.5 Å². The second-order valence-electron chi connectivity index (χ2n) is 3.46. The highest BCUT2D eigenvalue weighted by molar-refractivity contribution is 5.80. The van der Waals surface area contributed by atoms with Crippen LogP contribution in [0.2, 0.25) is 0 Å². The van der Waals surface area contributed by atoms with Gasteiger partial charge >= 0.3 is 5.97 Å². The van der Waals surface area contributed by atoms with Gasteiger partial charge in [-0.1, -0.05) is 30.3 Å². The summed E-state index contributed by atoms with van der Waals surface area (Å²) in [6.45, 7) is 0.320. The van der Waals surface area contributed by atoms with Crippen LogP contribution >= 0.6 is 0 Å². The summed E-state index contributed by atoms with van der Waals surface area (Å²) in [6, 6.07) is 9.45. The van der Waals surface area contributed by atoms with Gasteiger partial charge in [0.15, 0.2) is 0 Å². The molecule has 0 aliphatic carbocycles. The van der Waals surface area contributed by atoms with E-state index in [-0.39, 0.29) is 24.4 Å². The molecule has 1 fully saturated rings. The molecule has 2 atom stereocenters.